The predicted molar refractivity (Wildman–Crippen MR) is 193 cm³/mol. The largest absolute Gasteiger partial charge is 0.444 e. The smallest absolute Gasteiger partial charge is 0.407 e. The van der Waals surface area contributed by atoms with Crippen molar-refractivity contribution in [2.24, 2.45) is 5.92 Å². The van der Waals surface area contributed by atoms with E-state index in [1.165, 1.54) is 24.1 Å². The fraction of sp³-hybridized carbons (Fsp3) is 0.590. The zero-order chi connectivity index (χ0) is 35.2. The van der Waals surface area contributed by atoms with E-state index in [-0.39, 0.29) is 18.3 Å². The van der Waals surface area contributed by atoms with E-state index in [9.17, 15) is 14.4 Å². The molecule has 262 valence electrons. The molecule has 1 heterocycles. The maximum absolute atomic E-state index is 12.8. The Bertz CT molecular complexity index is 1250. The van der Waals surface area contributed by atoms with Crippen molar-refractivity contribution in [1.29, 1.82) is 0 Å². The van der Waals surface area contributed by atoms with Crippen LogP contribution >= 0.6 is 0 Å². The summed E-state index contributed by atoms with van der Waals surface area (Å²) in [5.41, 5.74) is 5.58. The summed E-state index contributed by atoms with van der Waals surface area (Å²) in [5.74, 6) is 0.834. The van der Waals surface area contributed by atoms with Crippen LogP contribution in [0.4, 0.5) is 4.79 Å². The average Bonchev–Trinajstić information content (AvgIpc) is 3.01. The van der Waals surface area contributed by atoms with Crippen molar-refractivity contribution in [2.45, 2.75) is 119 Å². The number of aryl methyl sites for hydroxylation is 3. The molecule has 8 heteroatoms. The molecule has 0 aliphatic heterocycles. The number of ether oxygens (including phenoxy) is 2. The zero-order valence-electron chi connectivity index (χ0n) is 30.6. The molecule has 0 fully saturated rings. The molecule has 2 amide bonds. The first kappa shape index (κ1) is 41.5. The highest BCUT2D eigenvalue weighted by Crippen LogP contribution is 2.24. The molecular formula is C39H61N3O5. The van der Waals surface area contributed by atoms with Crippen molar-refractivity contribution >= 4 is 23.9 Å². The van der Waals surface area contributed by atoms with E-state index in [0.717, 1.165) is 54.9 Å². The highest BCUT2D eigenvalue weighted by atomic mass is 16.6. The molecule has 2 N–H and O–H groups in total. The maximum Gasteiger partial charge on any atom is 0.407 e. The number of fused-ring (bicyclic) bond motifs is 1. The maximum atomic E-state index is 12.8. The van der Waals surface area contributed by atoms with E-state index in [0.29, 0.717) is 31.7 Å². The molecule has 0 spiro atoms. The van der Waals surface area contributed by atoms with Gasteiger partial charge in [-0.05, 0) is 109 Å². The van der Waals surface area contributed by atoms with Gasteiger partial charge in [0.15, 0.2) is 5.78 Å². The number of nitrogens with zero attached hydrogens (tertiary/aromatic N) is 1. The molecule has 1 aromatic carbocycles. The van der Waals surface area contributed by atoms with Crippen molar-refractivity contribution in [3.8, 4) is 0 Å². The minimum atomic E-state index is -0.513. The van der Waals surface area contributed by atoms with Crippen molar-refractivity contribution in [3.63, 3.8) is 0 Å². The van der Waals surface area contributed by atoms with Crippen LogP contribution in [0.15, 0.2) is 42.0 Å². The molecule has 1 aromatic heterocycles. The van der Waals surface area contributed by atoms with E-state index in [4.69, 9.17) is 14.5 Å². The zero-order valence-corrected chi connectivity index (χ0v) is 30.6. The van der Waals surface area contributed by atoms with E-state index in [1.807, 2.05) is 58.9 Å². The van der Waals surface area contributed by atoms with E-state index < -0.39 is 11.7 Å². The lowest BCUT2D eigenvalue weighted by molar-refractivity contribution is -0.117. The first-order valence-corrected chi connectivity index (χ1v) is 17.4. The molecule has 0 saturated heterocycles. The number of benzene rings is 1. The third-order valence-corrected chi connectivity index (χ3v) is 6.79. The van der Waals surface area contributed by atoms with Gasteiger partial charge in [-0.3, -0.25) is 14.6 Å². The third-order valence-electron chi connectivity index (χ3n) is 6.79. The van der Waals surface area contributed by atoms with Crippen molar-refractivity contribution in [3.05, 3.63) is 70.0 Å². The van der Waals surface area contributed by atoms with Crippen LogP contribution in [-0.2, 0) is 27.1 Å². The number of pyridine rings is 1. The van der Waals surface area contributed by atoms with Crippen LogP contribution in [0.5, 0.6) is 0 Å². The number of carbonyl (C=O) groups excluding carboxylic acids is 3. The number of Topliss-reactive ketones (excluding diaryl/α,β-unsaturated/α-hetero) is 1. The second kappa shape index (κ2) is 22.9. The molecule has 8 nitrogen and oxygen atoms in total. The third kappa shape index (κ3) is 19.0. The number of rotatable bonds is 13. The van der Waals surface area contributed by atoms with Crippen LogP contribution in [0.2, 0.25) is 0 Å². The number of nitrogens with one attached hydrogen (secondary N) is 2. The van der Waals surface area contributed by atoms with Gasteiger partial charge in [-0.25, -0.2) is 4.79 Å². The summed E-state index contributed by atoms with van der Waals surface area (Å²) >= 11 is 0. The molecule has 2 aromatic rings. The highest BCUT2D eigenvalue weighted by molar-refractivity contribution is 5.98. The van der Waals surface area contributed by atoms with Gasteiger partial charge < -0.3 is 20.1 Å². The number of ketones is 1. The van der Waals surface area contributed by atoms with Crippen LogP contribution < -0.4 is 10.6 Å². The molecule has 0 radical (unpaired) electrons. The van der Waals surface area contributed by atoms with Gasteiger partial charge in [0.1, 0.15) is 12.2 Å². The summed E-state index contributed by atoms with van der Waals surface area (Å²) in [4.78, 5) is 40.6. The Morgan fingerprint density at radius 1 is 0.957 bits per heavy atom. The quantitative estimate of drug-likeness (QED) is 0.128. The summed E-state index contributed by atoms with van der Waals surface area (Å²) in [6, 6.07) is 11.4. The number of hydrogen-bond donors (Lipinski definition) is 2. The SMILES string of the molecule is CC(C)C.CCCC/C(=C\c1cc2c(nc1C)CCCC2)C(=O)NCCCNC(=O)OC(C)(C)C.CCOCC(=O)c1ccccc1. The van der Waals surface area contributed by atoms with Gasteiger partial charge in [-0.15, -0.1) is 0 Å². The standard InChI is InChI=1S/C25H39N3O3.C10H12O2.C4H10/c1-6-7-11-20(17-21-16-19-12-8-9-13-22(19)28-18(21)2)23(29)26-14-10-15-27-24(30)31-25(3,4)5;1-2-12-8-10(11)9-6-4-3-5-7-9;1-4(2)3/h16-17H,6-15H2,1-5H3,(H,26,29)(H,27,30);3-7H,2,8H2,1H3;4H,1-3H3/b20-17+;;. The Morgan fingerprint density at radius 3 is 2.21 bits per heavy atom. The van der Waals surface area contributed by atoms with E-state index in [2.05, 4.69) is 44.4 Å². The fourth-order valence-electron chi connectivity index (χ4n) is 4.52. The average molecular weight is 652 g/mol. The molecule has 1 aliphatic carbocycles. The van der Waals surface area contributed by atoms with Gasteiger partial charge >= 0.3 is 6.09 Å². The first-order chi connectivity index (χ1) is 22.3. The van der Waals surface area contributed by atoms with Gasteiger partial charge in [-0.2, -0.15) is 0 Å². The van der Waals surface area contributed by atoms with Crippen molar-refractivity contribution in [2.75, 3.05) is 26.3 Å². The Balaban J connectivity index is 0.000000567. The Hall–Kier alpha value is -3.52. The van der Waals surface area contributed by atoms with Crippen LogP contribution in [-0.4, -0.2) is 54.7 Å². The summed E-state index contributed by atoms with van der Waals surface area (Å²) in [6.45, 7) is 19.7. The Kier molecular flexibility index (Phi) is 20.2. The lowest BCUT2D eigenvalue weighted by Crippen LogP contribution is -2.34. The minimum absolute atomic E-state index is 0.0390. The van der Waals surface area contributed by atoms with Crippen LogP contribution in [0.3, 0.4) is 0 Å². The second-order valence-corrected chi connectivity index (χ2v) is 13.4. The summed E-state index contributed by atoms with van der Waals surface area (Å²) in [5, 5.41) is 5.71. The molecule has 1 aliphatic rings. The summed E-state index contributed by atoms with van der Waals surface area (Å²) in [7, 11) is 0. The van der Waals surface area contributed by atoms with Crippen LogP contribution in [0.25, 0.3) is 6.08 Å². The Labute approximate surface area is 284 Å². The van der Waals surface area contributed by atoms with Crippen molar-refractivity contribution < 1.29 is 23.9 Å². The normalized spacial score (nSPS) is 12.5. The summed E-state index contributed by atoms with van der Waals surface area (Å²) in [6.07, 6.45) is 9.52. The minimum Gasteiger partial charge on any atom is -0.444 e. The van der Waals surface area contributed by atoms with Crippen LogP contribution in [0.1, 0.15) is 127 Å². The topological polar surface area (TPSA) is 107 Å². The predicted octanol–water partition coefficient (Wildman–Crippen LogP) is 8.44. The van der Waals surface area contributed by atoms with E-state index >= 15 is 0 Å². The van der Waals surface area contributed by atoms with Gasteiger partial charge in [0.05, 0.1) is 0 Å². The van der Waals surface area contributed by atoms with Crippen molar-refractivity contribution in [1.82, 2.24) is 15.6 Å². The van der Waals surface area contributed by atoms with Gasteiger partial charge in [0.2, 0.25) is 5.91 Å². The fourth-order valence-corrected chi connectivity index (χ4v) is 4.52. The number of aromatic nitrogens is 1. The van der Waals surface area contributed by atoms with Crippen LogP contribution in [0, 0.1) is 12.8 Å². The lowest BCUT2D eigenvalue weighted by atomic mass is 9.93. The highest BCUT2D eigenvalue weighted by Gasteiger charge is 2.16. The van der Waals surface area contributed by atoms with Gasteiger partial charge in [0.25, 0.3) is 0 Å². The Morgan fingerprint density at radius 2 is 1.60 bits per heavy atom. The molecule has 3 rings (SSSR count). The first-order valence-electron chi connectivity index (χ1n) is 17.4. The number of hydrogen-bond acceptors (Lipinski definition) is 6. The number of carbonyl (C=O) groups is 3. The molecule has 0 atom stereocenters. The van der Waals surface area contributed by atoms with Gasteiger partial charge in [-0.1, -0.05) is 64.4 Å². The molecular weight excluding hydrogens is 590 g/mol. The monoisotopic (exact) mass is 651 g/mol. The number of alkyl carbamates (subject to hydrolysis) is 1. The molecule has 0 bridgehead atoms. The van der Waals surface area contributed by atoms with E-state index in [1.54, 1.807) is 12.1 Å². The number of unbranched alkanes of at least 4 members (excludes halogenated alkanes) is 1. The molecule has 0 unspecified atom stereocenters. The second-order valence-electron chi connectivity index (χ2n) is 13.4. The molecule has 47 heavy (non-hydrogen) atoms. The molecule has 0 saturated carbocycles. The lowest BCUT2D eigenvalue weighted by Gasteiger charge is -2.19. The summed E-state index contributed by atoms with van der Waals surface area (Å²) < 4.78 is 10.2. The van der Waals surface area contributed by atoms with Gasteiger partial charge in [0, 0.05) is 42.2 Å². The number of amides is 2.